The lowest BCUT2D eigenvalue weighted by Gasteiger charge is -2.12. The van der Waals surface area contributed by atoms with Crippen molar-refractivity contribution in [1.82, 2.24) is 0 Å². The van der Waals surface area contributed by atoms with E-state index in [4.69, 9.17) is 13.7 Å². The third kappa shape index (κ3) is 2.70. The summed E-state index contributed by atoms with van der Waals surface area (Å²) in [7, 11) is 1.63. The Balaban J connectivity index is 2.81. The number of aryl methyl sites for hydroxylation is 4. The Morgan fingerprint density at radius 3 is 2.68 bits per heavy atom. The van der Waals surface area contributed by atoms with Gasteiger partial charge >= 0.3 is 0 Å². The number of aromatic nitrogens is 1. The van der Waals surface area contributed by atoms with Crippen LogP contribution in [0.2, 0.25) is 0 Å². The van der Waals surface area contributed by atoms with E-state index in [0.717, 1.165) is 0 Å². The number of nitrogens with zero attached hydrogens (tertiary/aromatic N) is 1. The highest BCUT2D eigenvalue weighted by Crippen LogP contribution is 2.26. The summed E-state index contributed by atoms with van der Waals surface area (Å²) in [5.41, 5.74) is 1.63. The average Bonchev–Trinajstić information content (AvgIpc) is 2.52. The summed E-state index contributed by atoms with van der Waals surface area (Å²) in [5.74, 6) is -2.15. The fourth-order valence-corrected chi connectivity index (χ4v) is 2.18. The van der Waals surface area contributed by atoms with E-state index in [0.29, 0.717) is 16.8 Å². The molecule has 0 saturated heterocycles. The number of benzene rings is 1. The highest BCUT2D eigenvalue weighted by molar-refractivity contribution is 5.62. The Morgan fingerprint density at radius 2 is 2.05 bits per heavy atom. The zero-order chi connectivity index (χ0) is 22.6. The van der Waals surface area contributed by atoms with Crippen molar-refractivity contribution in [2.75, 3.05) is 0 Å². The van der Waals surface area contributed by atoms with Gasteiger partial charge in [0.05, 0.1) is 0 Å². The van der Waals surface area contributed by atoms with Crippen LogP contribution < -0.4 is 4.57 Å². The van der Waals surface area contributed by atoms with Crippen LogP contribution in [0.5, 0.6) is 0 Å². The number of pyridine rings is 1. The van der Waals surface area contributed by atoms with Crippen molar-refractivity contribution in [3.63, 3.8) is 0 Å². The lowest BCUT2D eigenvalue weighted by atomic mass is 9.95. The Bertz CT molecular complexity index is 920. The minimum Gasteiger partial charge on any atom is -0.201 e. The van der Waals surface area contributed by atoms with Gasteiger partial charge in [0.15, 0.2) is 6.20 Å². The maximum atomic E-state index is 8.44. The second-order valence-electron chi connectivity index (χ2n) is 4.75. The van der Waals surface area contributed by atoms with Gasteiger partial charge in [-0.1, -0.05) is 31.5 Å². The van der Waals surface area contributed by atoms with Crippen LogP contribution in [-0.2, 0) is 7.05 Å². The largest absolute Gasteiger partial charge is 0.212 e. The Kier molecular flexibility index (Phi) is 1.57. The van der Waals surface area contributed by atoms with Crippen molar-refractivity contribution in [3.8, 4) is 11.3 Å². The van der Waals surface area contributed by atoms with E-state index in [9.17, 15) is 0 Å². The Morgan fingerprint density at radius 1 is 1.21 bits per heavy atom. The van der Waals surface area contributed by atoms with Crippen LogP contribution in [0.25, 0.3) is 11.3 Å². The SMILES string of the molecule is [2H]C([2H])([2H])c1ccc(-c2cc(C([2H])(C)C([2H])([2H])[2H])c(C([2H])([2H])[2H])c[n+]2C)c(C)c1. The minimum atomic E-state index is -2.75. The molecule has 1 unspecified atom stereocenters. The molecular formula is C18H24N+. The molecule has 19 heavy (non-hydrogen) atoms. The van der Waals surface area contributed by atoms with Crippen LogP contribution in [0.3, 0.4) is 0 Å². The van der Waals surface area contributed by atoms with E-state index in [2.05, 4.69) is 0 Å². The predicted molar refractivity (Wildman–Crippen MR) is 81.4 cm³/mol. The van der Waals surface area contributed by atoms with Crippen LogP contribution in [0.1, 0.15) is 55.6 Å². The monoisotopic (exact) mass is 264 g/mol. The molecule has 0 aliphatic carbocycles. The topological polar surface area (TPSA) is 3.88 Å². The van der Waals surface area contributed by atoms with Gasteiger partial charge in [0.25, 0.3) is 0 Å². The Labute approximate surface area is 131 Å². The summed E-state index contributed by atoms with van der Waals surface area (Å²) in [5, 5.41) is 0. The molecule has 0 aliphatic heterocycles. The fraction of sp³-hybridized carbons (Fsp3) is 0.389. The Hall–Kier alpha value is -1.63. The summed E-state index contributed by atoms with van der Waals surface area (Å²) in [4.78, 5) is 0. The van der Waals surface area contributed by atoms with E-state index < -0.39 is 26.4 Å². The number of rotatable bonds is 2. The molecule has 0 bridgehead atoms. The molecule has 1 aromatic carbocycles. The smallest absolute Gasteiger partial charge is 0.201 e. The van der Waals surface area contributed by atoms with E-state index in [1.54, 1.807) is 24.6 Å². The van der Waals surface area contributed by atoms with Gasteiger partial charge in [-0.15, -0.1) is 0 Å². The van der Waals surface area contributed by atoms with Crippen molar-refractivity contribution in [2.24, 2.45) is 7.05 Å². The first-order valence-corrected chi connectivity index (χ1v) is 6.03. The molecule has 0 spiro atoms. The molecule has 0 N–H and O–H groups in total. The highest BCUT2D eigenvalue weighted by Gasteiger charge is 2.16. The van der Waals surface area contributed by atoms with Crippen molar-refractivity contribution in [3.05, 3.63) is 52.7 Å². The predicted octanol–water partition coefficient (Wildman–Crippen LogP) is 4.23. The fourth-order valence-electron chi connectivity index (χ4n) is 2.18. The van der Waals surface area contributed by atoms with Gasteiger partial charge in [-0.3, -0.25) is 0 Å². The summed E-state index contributed by atoms with van der Waals surface area (Å²) in [6.45, 7) is -4.70. The van der Waals surface area contributed by atoms with Gasteiger partial charge in [-0.2, -0.15) is 0 Å². The molecule has 0 aliphatic rings. The molecule has 1 aromatic heterocycles. The first-order valence-electron chi connectivity index (χ1n) is 11.0. The minimum absolute atomic E-state index is 0.107. The van der Waals surface area contributed by atoms with Gasteiger partial charge in [0, 0.05) is 30.9 Å². The third-order valence-corrected chi connectivity index (χ3v) is 3.18. The van der Waals surface area contributed by atoms with Gasteiger partial charge in [0.2, 0.25) is 5.69 Å². The molecule has 0 fully saturated rings. The third-order valence-electron chi connectivity index (χ3n) is 3.18. The molecule has 0 radical (unpaired) electrons. The van der Waals surface area contributed by atoms with E-state index in [1.807, 2.05) is 0 Å². The molecular weight excluding hydrogens is 230 g/mol. The number of hydrogen-bond acceptors (Lipinski definition) is 0. The first kappa shape index (κ1) is 5.78. The molecule has 1 heteroatoms. The molecule has 1 atom stereocenters. The maximum Gasteiger partial charge on any atom is 0.212 e. The quantitative estimate of drug-likeness (QED) is 0.715. The molecule has 0 saturated carbocycles. The second-order valence-corrected chi connectivity index (χ2v) is 4.75. The molecule has 100 valence electrons. The van der Waals surface area contributed by atoms with E-state index in [-0.39, 0.29) is 16.7 Å². The molecule has 1 heterocycles. The molecule has 1 nitrogen and oxygen atoms in total. The summed E-state index contributed by atoms with van der Waals surface area (Å²) >= 11 is 0. The van der Waals surface area contributed by atoms with Gasteiger partial charge < -0.3 is 0 Å². The van der Waals surface area contributed by atoms with Crippen molar-refractivity contribution >= 4 is 0 Å². The zero-order valence-corrected chi connectivity index (χ0v) is 11.3. The van der Waals surface area contributed by atoms with Crippen molar-refractivity contribution in [1.29, 1.82) is 0 Å². The van der Waals surface area contributed by atoms with Crippen LogP contribution in [-0.4, -0.2) is 0 Å². The van der Waals surface area contributed by atoms with Gasteiger partial charge in [-0.25, -0.2) is 4.57 Å². The van der Waals surface area contributed by atoms with Gasteiger partial charge in [0.1, 0.15) is 7.05 Å². The van der Waals surface area contributed by atoms with E-state index >= 15 is 0 Å². The maximum absolute atomic E-state index is 8.44. The zero-order valence-electron chi connectivity index (χ0n) is 21.3. The number of hydrogen-bond donors (Lipinski definition) is 0. The summed E-state index contributed by atoms with van der Waals surface area (Å²) in [6.07, 6.45) is 1.33. The van der Waals surface area contributed by atoms with Crippen LogP contribution in [0.15, 0.2) is 30.5 Å². The standard InChI is InChI=1S/C18H24N/c1-12(2)17-10-18(19(6)11-15(17)5)16-8-7-13(3)9-14(16)4/h7-12H,1-6H3/q+1/i1D3,3D3,5D3,12D. The molecule has 0 amide bonds. The van der Waals surface area contributed by atoms with Crippen molar-refractivity contribution in [2.45, 2.75) is 40.3 Å². The second kappa shape index (κ2) is 5.16. The first-order chi connectivity index (χ1) is 12.9. The average molecular weight is 264 g/mol. The van der Waals surface area contributed by atoms with Crippen LogP contribution in [0, 0.1) is 20.6 Å². The lowest BCUT2D eigenvalue weighted by Crippen LogP contribution is -2.32. The van der Waals surface area contributed by atoms with Crippen LogP contribution in [0.4, 0.5) is 0 Å². The lowest BCUT2D eigenvalue weighted by molar-refractivity contribution is -0.660. The van der Waals surface area contributed by atoms with Gasteiger partial charge in [-0.05, 0) is 43.7 Å². The molecule has 2 aromatic rings. The normalized spacial score (nSPS) is 23.9. The van der Waals surface area contributed by atoms with E-state index in [1.165, 1.54) is 31.3 Å². The highest BCUT2D eigenvalue weighted by atomic mass is 14.9. The molecule has 2 rings (SSSR count). The van der Waals surface area contributed by atoms with Crippen molar-refractivity contribution < 1.29 is 18.3 Å². The van der Waals surface area contributed by atoms with Crippen LogP contribution >= 0.6 is 0 Å². The summed E-state index contributed by atoms with van der Waals surface area (Å²) in [6, 6.07) is 6.03. The summed E-state index contributed by atoms with van der Waals surface area (Å²) < 4.78 is 79.2.